The van der Waals surface area contributed by atoms with E-state index in [2.05, 4.69) is 20.9 Å². The van der Waals surface area contributed by atoms with Gasteiger partial charge >= 0.3 is 0 Å². The molecule has 0 atom stereocenters. The Labute approximate surface area is 144 Å². The molecule has 1 aliphatic rings. The zero-order valence-electron chi connectivity index (χ0n) is 14.6. The summed E-state index contributed by atoms with van der Waals surface area (Å²) in [6.45, 7) is 3.42. The number of nitrogens with zero attached hydrogens (tertiary/aromatic N) is 1. The third-order valence-corrected chi connectivity index (χ3v) is 4.07. The number of benzene rings is 1. The first-order valence-electron chi connectivity index (χ1n) is 8.65. The van der Waals surface area contributed by atoms with E-state index in [1.54, 1.807) is 7.11 Å². The van der Waals surface area contributed by atoms with Crippen LogP contribution in [-0.4, -0.2) is 38.1 Å². The Morgan fingerprint density at radius 2 is 1.92 bits per heavy atom. The number of carbonyl (C=O) groups is 1. The first-order chi connectivity index (χ1) is 11.7. The maximum atomic E-state index is 12.0. The second kappa shape index (κ2) is 9.80. The van der Waals surface area contributed by atoms with Gasteiger partial charge in [0.1, 0.15) is 12.3 Å². The molecule has 0 aliphatic heterocycles. The minimum atomic E-state index is -0.0885. The van der Waals surface area contributed by atoms with Crippen LogP contribution in [0.1, 0.15) is 38.2 Å². The molecule has 1 amide bonds. The van der Waals surface area contributed by atoms with Gasteiger partial charge in [-0.05, 0) is 37.5 Å². The Balaban J connectivity index is 1.77. The molecular formula is C18H28N4O2. The minimum absolute atomic E-state index is 0.0885. The van der Waals surface area contributed by atoms with Crippen molar-refractivity contribution >= 4 is 11.9 Å². The van der Waals surface area contributed by atoms with Crippen LogP contribution in [0.5, 0.6) is 5.75 Å². The van der Waals surface area contributed by atoms with Crippen molar-refractivity contribution < 1.29 is 9.53 Å². The molecule has 1 aliphatic carbocycles. The van der Waals surface area contributed by atoms with E-state index < -0.39 is 0 Å². The fourth-order valence-corrected chi connectivity index (χ4v) is 2.73. The Bertz CT molecular complexity index is 536. The van der Waals surface area contributed by atoms with Crippen molar-refractivity contribution in [3.8, 4) is 5.75 Å². The van der Waals surface area contributed by atoms with E-state index in [1.165, 1.54) is 25.7 Å². The van der Waals surface area contributed by atoms with Crippen LogP contribution < -0.4 is 20.7 Å². The number of rotatable bonds is 7. The number of hydrogen-bond donors (Lipinski definition) is 3. The highest BCUT2D eigenvalue weighted by molar-refractivity contribution is 5.85. The van der Waals surface area contributed by atoms with Gasteiger partial charge in [0.05, 0.1) is 7.11 Å². The van der Waals surface area contributed by atoms with Crippen molar-refractivity contribution in [3.63, 3.8) is 0 Å². The molecule has 0 radical (unpaired) electrons. The molecule has 1 aromatic carbocycles. The summed E-state index contributed by atoms with van der Waals surface area (Å²) in [5.74, 6) is 1.45. The molecular weight excluding hydrogens is 304 g/mol. The Morgan fingerprint density at radius 3 is 2.54 bits per heavy atom. The Hall–Kier alpha value is -2.24. The number of methoxy groups -OCH3 is 1. The highest BCUT2D eigenvalue weighted by Gasteiger charge is 2.15. The third-order valence-electron chi connectivity index (χ3n) is 4.07. The SMILES string of the molecule is CCNC(=NCC(=O)NCc1ccc(OC)cc1)NC1CCCC1. The molecule has 0 spiro atoms. The number of nitrogens with one attached hydrogen (secondary N) is 3. The van der Waals surface area contributed by atoms with Crippen LogP contribution in [0.3, 0.4) is 0 Å². The smallest absolute Gasteiger partial charge is 0.242 e. The predicted molar refractivity (Wildman–Crippen MR) is 96.2 cm³/mol. The van der Waals surface area contributed by atoms with Gasteiger partial charge in [-0.15, -0.1) is 0 Å². The lowest BCUT2D eigenvalue weighted by Gasteiger charge is -2.16. The number of ether oxygens (including phenoxy) is 1. The van der Waals surface area contributed by atoms with Crippen LogP contribution in [0, 0.1) is 0 Å². The summed E-state index contributed by atoms with van der Waals surface area (Å²) in [4.78, 5) is 16.4. The van der Waals surface area contributed by atoms with E-state index in [0.29, 0.717) is 12.6 Å². The van der Waals surface area contributed by atoms with Crippen LogP contribution in [-0.2, 0) is 11.3 Å². The van der Waals surface area contributed by atoms with Crippen molar-refractivity contribution in [2.75, 3.05) is 20.2 Å². The Morgan fingerprint density at radius 1 is 1.21 bits per heavy atom. The van der Waals surface area contributed by atoms with Crippen LogP contribution in [0.2, 0.25) is 0 Å². The van der Waals surface area contributed by atoms with Gasteiger partial charge in [-0.25, -0.2) is 4.99 Å². The van der Waals surface area contributed by atoms with Crippen LogP contribution in [0.15, 0.2) is 29.3 Å². The fourth-order valence-electron chi connectivity index (χ4n) is 2.73. The van der Waals surface area contributed by atoms with E-state index in [9.17, 15) is 4.79 Å². The van der Waals surface area contributed by atoms with Crippen LogP contribution >= 0.6 is 0 Å². The van der Waals surface area contributed by atoms with Gasteiger partial charge in [0.2, 0.25) is 5.91 Å². The number of hydrogen-bond acceptors (Lipinski definition) is 3. The van der Waals surface area contributed by atoms with Gasteiger partial charge in [0, 0.05) is 19.1 Å². The largest absolute Gasteiger partial charge is 0.497 e. The average molecular weight is 332 g/mol. The van der Waals surface area contributed by atoms with Crippen molar-refractivity contribution in [2.24, 2.45) is 4.99 Å². The van der Waals surface area contributed by atoms with E-state index in [1.807, 2.05) is 31.2 Å². The summed E-state index contributed by atoms with van der Waals surface area (Å²) in [7, 11) is 1.64. The van der Waals surface area contributed by atoms with Crippen LogP contribution in [0.4, 0.5) is 0 Å². The average Bonchev–Trinajstić information content (AvgIpc) is 3.11. The molecule has 0 saturated heterocycles. The highest BCUT2D eigenvalue weighted by Crippen LogP contribution is 2.17. The van der Waals surface area contributed by atoms with Gasteiger partial charge in [-0.2, -0.15) is 0 Å². The summed E-state index contributed by atoms with van der Waals surface area (Å²) >= 11 is 0. The predicted octanol–water partition coefficient (Wildman–Crippen LogP) is 1.81. The molecule has 0 unspecified atom stereocenters. The van der Waals surface area contributed by atoms with Gasteiger partial charge < -0.3 is 20.7 Å². The molecule has 1 saturated carbocycles. The molecule has 24 heavy (non-hydrogen) atoms. The van der Waals surface area contributed by atoms with E-state index in [-0.39, 0.29) is 12.5 Å². The van der Waals surface area contributed by atoms with Crippen molar-refractivity contribution in [1.82, 2.24) is 16.0 Å². The number of aliphatic imine (C=N–C) groups is 1. The minimum Gasteiger partial charge on any atom is -0.497 e. The molecule has 0 aromatic heterocycles. The van der Waals surface area contributed by atoms with Crippen molar-refractivity contribution in [3.05, 3.63) is 29.8 Å². The summed E-state index contributed by atoms with van der Waals surface area (Å²) in [5.41, 5.74) is 1.03. The van der Waals surface area contributed by atoms with Crippen molar-refractivity contribution in [1.29, 1.82) is 0 Å². The molecule has 0 heterocycles. The van der Waals surface area contributed by atoms with Gasteiger partial charge in [0.25, 0.3) is 0 Å². The maximum absolute atomic E-state index is 12.0. The first-order valence-corrected chi connectivity index (χ1v) is 8.65. The lowest BCUT2D eigenvalue weighted by atomic mass is 10.2. The first kappa shape index (κ1) is 18.1. The lowest BCUT2D eigenvalue weighted by Crippen LogP contribution is -2.43. The molecule has 3 N–H and O–H groups in total. The summed E-state index contributed by atoms with van der Waals surface area (Å²) in [5, 5.41) is 9.49. The zero-order chi connectivity index (χ0) is 17.2. The zero-order valence-corrected chi connectivity index (χ0v) is 14.6. The monoisotopic (exact) mass is 332 g/mol. The van der Waals surface area contributed by atoms with E-state index >= 15 is 0 Å². The molecule has 132 valence electrons. The van der Waals surface area contributed by atoms with Crippen molar-refractivity contribution in [2.45, 2.75) is 45.2 Å². The van der Waals surface area contributed by atoms with Gasteiger partial charge in [-0.1, -0.05) is 25.0 Å². The topological polar surface area (TPSA) is 74.8 Å². The molecule has 2 rings (SSSR count). The van der Waals surface area contributed by atoms with E-state index in [4.69, 9.17) is 4.74 Å². The molecule has 6 heteroatoms. The number of amides is 1. The van der Waals surface area contributed by atoms with Gasteiger partial charge in [-0.3, -0.25) is 4.79 Å². The molecule has 0 bridgehead atoms. The normalized spacial score (nSPS) is 15.2. The summed E-state index contributed by atoms with van der Waals surface area (Å²) in [6.07, 6.45) is 4.88. The highest BCUT2D eigenvalue weighted by atomic mass is 16.5. The summed E-state index contributed by atoms with van der Waals surface area (Å²) < 4.78 is 5.12. The summed E-state index contributed by atoms with van der Waals surface area (Å²) in [6, 6.07) is 8.12. The molecule has 6 nitrogen and oxygen atoms in total. The second-order valence-corrected chi connectivity index (χ2v) is 5.95. The standard InChI is InChI=1S/C18H28N4O2/c1-3-19-18(22-15-6-4-5-7-15)21-13-17(23)20-12-14-8-10-16(24-2)11-9-14/h8-11,15H,3-7,12-13H2,1-2H3,(H,20,23)(H2,19,21,22). The number of carbonyl (C=O) groups excluding carboxylic acids is 1. The van der Waals surface area contributed by atoms with E-state index in [0.717, 1.165) is 23.8 Å². The number of guanidine groups is 1. The third kappa shape index (κ3) is 6.10. The van der Waals surface area contributed by atoms with Crippen LogP contribution in [0.25, 0.3) is 0 Å². The lowest BCUT2D eigenvalue weighted by molar-refractivity contribution is -0.119. The Kier molecular flexibility index (Phi) is 7.39. The fraction of sp³-hybridized carbons (Fsp3) is 0.556. The maximum Gasteiger partial charge on any atom is 0.242 e. The quantitative estimate of drug-likeness (QED) is 0.526. The van der Waals surface area contributed by atoms with Gasteiger partial charge in [0.15, 0.2) is 5.96 Å². The second-order valence-electron chi connectivity index (χ2n) is 5.95. The molecule has 1 fully saturated rings. The molecule has 1 aromatic rings.